The first-order valence-electron chi connectivity index (χ1n) is 6.82. The molecule has 4 unspecified atom stereocenters. The number of nitrogens with one attached hydrogen (secondary N) is 1. The molecule has 0 aliphatic heterocycles. The van der Waals surface area contributed by atoms with Crippen molar-refractivity contribution in [1.82, 2.24) is 4.72 Å². The van der Waals surface area contributed by atoms with Gasteiger partial charge in [-0.2, -0.15) is 0 Å². The topological polar surface area (TPSA) is 83.5 Å². The molecular formula is C13H23NO4S. The van der Waals surface area contributed by atoms with E-state index in [1.807, 2.05) is 20.8 Å². The number of carbonyl (C=O) groups is 1. The van der Waals surface area contributed by atoms with Crippen LogP contribution in [0.5, 0.6) is 0 Å². The second-order valence-electron chi connectivity index (χ2n) is 7.16. The van der Waals surface area contributed by atoms with E-state index >= 15 is 0 Å². The molecular weight excluding hydrogens is 266 g/mol. The Balaban J connectivity index is 2.12. The predicted octanol–water partition coefficient (Wildman–Crippen LogP) is 1.45. The van der Waals surface area contributed by atoms with Crippen LogP contribution < -0.4 is 4.72 Å². The monoisotopic (exact) mass is 289 g/mol. The molecule has 0 aromatic heterocycles. The van der Waals surface area contributed by atoms with Crippen LogP contribution in [0.4, 0.5) is 0 Å². The quantitative estimate of drug-likeness (QED) is 0.820. The minimum Gasteiger partial charge on any atom is -0.481 e. The molecule has 4 atom stereocenters. The maximum atomic E-state index is 12.1. The molecule has 2 saturated carbocycles. The molecule has 2 aliphatic rings. The number of hydrogen-bond donors (Lipinski definition) is 2. The van der Waals surface area contributed by atoms with Crippen LogP contribution in [0.15, 0.2) is 0 Å². The SMILES string of the molecule is CC(C)(C)CS(=O)(=O)NC1C2CCC(C2)C1C(=O)O. The Bertz CT molecular complexity index is 466. The normalized spacial score (nSPS) is 34.7. The van der Waals surface area contributed by atoms with E-state index in [1.165, 1.54) is 0 Å². The first kappa shape index (κ1) is 14.8. The minimum absolute atomic E-state index is 0.0280. The fraction of sp³-hybridized carbons (Fsp3) is 0.923. The zero-order valence-corrected chi connectivity index (χ0v) is 12.5. The summed E-state index contributed by atoms with van der Waals surface area (Å²) in [5.74, 6) is -1.05. The van der Waals surface area contributed by atoms with E-state index in [0.29, 0.717) is 0 Å². The fourth-order valence-electron chi connectivity index (χ4n) is 3.64. The van der Waals surface area contributed by atoms with Crippen LogP contribution >= 0.6 is 0 Å². The Kier molecular flexibility index (Phi) is 3.68. The van der Waals surface area contributed by atoms with Gasteiger partial charge in [0.2, 0.25) is 10.0 Å². The van der Waals surface area contributed by atoms with Crippen LogP contribution in [0.3, 0.4) is 0 Å². The van der Waals surface area contributed by atoms with Crippen LogP contribution in [0.2, 0.25) is 0 Å². The molecule has 0 heterocycles. The molecule has 2 fully saturated rings. The molecule has 6 heteroatoms. The van der Waals surface area contributed by atoms with Crippen LogP contribution in [-0.4, -0.2) is 31.3 Å². The number of sulfonamides is 1. The highest BCUT2D eigenvalue weighted by molar-refractivity contribution is 7.89. The summed E-state index contributed by atoms with van der Waals surface area (Å²) in [6.07, 6.45) is 2.70. The zero-order valence-electron chi connectivity index (χ0n) is 11.7. The van der Waals surface area contributed by atoms with Gasteiger partial charge in [0.25, 0.3) is 0 Å². The van der Waals surface area contributed by atoms with Crippen molar-refractivity contribution in [3.05, 3.63) is 0 Å². The Labute approximate surface area is 114 Å². The predicted molar refractivity (Wildman–Crippen MR) is 72.1 cm³/mol. The average Bonchev–Trinajstić information content (AvgIpc) is 2.71. The molecule has 0 aromatic rings. The Morgan fingerprint density at radius 2 is 1.84 bits per heavy atom. The van der Waals surface area contributed by atoms with Crippen LogP contribution in [0.25, 0.3) is 0 Å². The van der Waals surface area contributed by atoms with Gasteiger partial charge >= 0.3 is 5.97 Å². The van der Waals surface area contributed by atoms with Gasteiger partial charge in [0.15, 0.2) is 0 Å². The number of aliphatic carboxylic acids is 1. The Hall–Kier alpha value is -0.620. The third kappa shape index (κ3) is 3.28. The number of carboxylic acids is 1. The van der Waals surface area contributed by atoms with Gasteiger partial charge in [0.05, 0.1) is 11.7 Å². The molecule has 110 valence electrons. The van der Waals surface area contributed by atoms with E-state index in [-0.39, 0.29) is 23.0 Å². The van der Waals surface area contributed by atoms with Gasteiger partial charge in [0, 0.05) is 6.04 Å². The Morgan fingerprint density at radius 3 is 2.37 bits per heavy atom. The molecule has 2 rings (SSSR count). The van der Waals surface area contributed by atoms with Crippen LogP contribution in [-0.2, 0) is 14.8 Å². The van der Waals surface area contributed by atoms with Gasteiger partial charge in [0.1, 0.15) is 0 Å². The fourth-order valence-corrected chi connectivity index (χ4v) is 5.61. The summed E-state index contributed by atoms with van der Waals surface area (Å²) in [6, 6.07) is -0.413. The van der Waals surface area contributed by atoms with Crippen molar-refractivity contribution in [2.75, 3.05) is 5.75 Å². The largest absolute Gasteiger partial charge is 0.481 e. The van der Waals surface area contributed by atoms with Gasteiger partial charge in [-0.05, 0) is 36.5 Å². The summed E-state index contributed by atoms with van der Waals surface area (Å²) < 4.78 is 27.0. The minimum atomic E-state index is -3.42. The van der Waals surface area contributed by atoms with E-state index in [4.69, 9.17) is 0 Å². The molecule has 19 heavy (non-hydrogen) atoms. The van der Waals surface area contributed by atoms with Crippen molar-refractivity contribution in [3.8, 4) is 0 Å². The lowest BCUT2D eigenvalue weighted by Gasteiger charge is -2.30. The first-order chi connectivity index (χ1) is 8.59. The summed E-state index contributed by atoms with van der Waals surface area (Å²) in [4.78, 5) is 11.3. The molecule has 2 bridgehead atoms. The summed E-state index contributed by atoms with van der Waals surface area (Å²) in [5, 5.41) is 9.30. The smallest absolute Gasteiger partial charge is 0.308 e. The van der Waals surface area contributed by atoms with Gasteiger partial charge in [-0.25, -0.2) is 13.1 Å². The van der Waals surface area contributed by atoms with Crippen molar-refractivity contribution < 1.29 is 18.3 Å². The van der Waals surface area contributed by atoms with Crippen LogP contribution in [0.1, 0.15) is 40.0 Å². The van der Waals surface area contributed by atoms with Crippen molar-refractivity contribution in [1.29, 1.82) is 0 Å². The molecule has 2 aliphatic carbocycles. The van der Waals surface area contributed by atoms with Crippen LogP contribution in [0, 0.1) is 23.2 Å². The molecule has 5 nitrogen and oxygen atoms in total. The molecule has 0 spiro atoms. The highest BCUT2D eigenvalue weighted by atomic mass is 32.2. The second-order valence-corrected chi connectivity index (χ2v) is 8.91. The average molecular weight is 289 g/mol. The third-order valence-electron chi connectivity index (χ3n) is 4.14. The summed E-state index contributed by atoms with van der Waals surface area (Å²) >= 11 is 0. The van der Waals surface area contributed by atoms with Gasteiger partial charge in [-0.15, -0.1) is 0 Å². The molecule has 0 aromatic carbocycles. The van der Waals surface area contributed by atoms with Crippen molar-refractivity contribution in [3.63, 3.8) is 0 Å². The van der Waals surface area contributed by atoms with E-state index in [0.717, 1.165) is 19.3 Å². The summed E-state index contributed by atoms with van der Waals surface area (Å²) in [6.45, 7) is 5.59. The first-order valence-corrected chi connectivity index (χ1v) is 8.47. The van der Waals surface area contributed by atoms with Gasteiger partial charge in [-0.3, -0.25) is 4.79 Å². The van der Waals surface area contributed by atoms with Crippen molar-refractivity contribution in [2.24, 2.45) is 23.2 Å². The third-order valence-corrected chi connectivity index (χ3v) is 6.02. The highest BCUT2D eigenvalue weighted by Gasteiger charge is 2.52. The van der Waals surface area contributed by atoms with Crippen molar-refractivity contribution in [2.45, 2.75) is 46.1 Å². The molecule has 0 saturated heterocycles. The van der Waals surface area contributed by atoms with E-state index in [1.54, 1.807) is 0 Å². The summed E-state index contributed by atoms with van der Waals surface area (Å²) in [5.41, 5.74) is -0.331. The lowest BCUT2D eigenvalue weighted by molar-refractivity contribution is -0.144. The molecule has 2 N–H and O–H groups in total. The lowest BCUT2D eigenvalue weighted by Crippen LogP contribution is -2.48. The van der Waals surface area contributed by atoms with Crippen molar-refractivity contribution >= 4 is 16.0 Å². The Morgan fingerprint density at radius 1 is 1.26 bits per heavy atom. The second kappa shape index (κ2) is 4.74. The van der Waals surface area contributed by atoms with Gasteiger partial charge in [-0.1, -0.05) is 20.8 Å². The van der Waals surface area contributed by atoms with E-state index in [2.05, 4.69) is 4.72 Å². The standard InChI is InChI=1S/C13H23NO4S/c1-13(2,3)7-19(17,18)14-11-9-5-4-8(6-9)10(11)12(15)16/h8-11,14H,4-7H2,1-3H3,(H,15,16). The number of carboxylic acid groups (broad SMARTS) is 1. The summed E-state index contributed by atoms with van der Waals surface area (Å²) in [7, 11) is -3.42. The molecule has 0 radical (unpaired) electrons. The maximum absolute atomic E-state index is 12.1. The number of rotatable bonds is 4. The van der Waals surface area contributed by atoms with E-state index < -0.39 is 28.0 Å². The van der Waals surface area contributed by atoms with Gasteiger partial charge < -0.3 is 5.11 Å². The lowest BCUT2D eigenvalue weighted by atomic mass is 9.85. The van der Waals surface area contributed by atoms with E-state index in [9.17, 15) is 18.3 Å². The number of hydrogen-bond acceptors (Lipinski definition) is 3. The maximum Gasteiger partial charge on any atom is 0.308 e. The molecule has 0 amide bonds. The zero-order chi connectivity index (χ0) is 14.4. The highest BCUT2D eigenvalue weighted by Crippen LogP contribution is 2.48. The number of fused-ring (bicyclic) bond motifs is 2.